The number of hydrogen-bond acceptors (Lipinski definition) is 4. The molecule has 0 saturated heterocycles. The van der Waals surface area contributed by atoms with Crippen LogP contribution in [-0.2, 0) is 16.1 Å². The first-order chi connectivity index (χ1) is 13.0. The minimum atomic E-state index is -0.240. The van der Waals surface area contributed by atoms with Gasteiger partial charge < -0.3 is 4.74 Å². The third kappa shape index (κ3) is 4.25. The highest BCUT2D eigenvalue weighted by Crippen LogP contribution is 2.38. The highest BCUT2D eigenvalue weighted by Gasteiger charge is 2.39. The van der Waals surface area contributed by atoms with Gasteiger partial charge in [0.1, 0.15) is 5.75 Å². The zero-order valence-electron chi connectivity index (χ0n) is 15.8. The smallest absolute Gasteiger partial charge is 0.268 e. The highest BCUT2D eigenvalue weighted by molar-refractivity contribution is 8.04. The van der Waals surface area contributed by atoms with Crippen molar-refractivity contribution in [1.82, 2.24) is 4.90 Å². The third-order valence-electron chi connectivity index (χ3n) is 4.12. The van der Waals surface area contributed by atoms with Crippen molar-refractivity contribution in [1.29, 1.82) is 0 Å². The number of carbonyl (C=O) groups excluding carboxylic acids is 2. The van der Waals surface area contributed by atoms with E-state index >= 15 is 0 Å². The van der Waals surface area contributed by atoms with Crippen LogP contribution in [0.5, 0.6) is 5.75 Å². The van der Waals surface area contributed by atoms with Crippen LogP contribution in [0, 0.1) is 0 Å². The minimum Gasteiger partial charge on any atom is -0.494 e. The van der Waals surface area contributed by atoms with Crippen molar-refractivity contribution in [2.75, 3.05) is 6.61 Å². The van der Waals surface area contributed by atoms with Crippen LogP contribution in [0.4, 0.5) is 0 Å². The molecule has 5 heteroatoms. The molecule has 2 aromatic rings. The van der Waals surface area contributed by atoms with E-state index in [2.05, 4.69) is 0 Å². The summed E-state index contributed by atoms with van der Waals surface area (Å²) in [5.74, 6) is 0.292. The lowest BCUT2D eigenvalue weighted by atomic mass is 10.1. The number of thioether (sulfide) groups is 1. The van der Waals surface area contributed by atoms with E-state index in [1.165, 1.54) is 16.7 Å². The topological polar surface area (TPSA) is 46.6 Å². The summed E-state index contributed by atoms with van der Waals surface area (Å²) in [5, 5.41) is 0.200. The molecule has 27 heavy (non-hydrogen) atoms. The number of carbonyl (C=O) groups is 2. The summed E-state index contributed by atoms with van der Waals surface area (Å²) >= 11 is 1.44. The maximum absolute atomic E-state index is 13.1. The molecule has 0 fully saturated rings. The number of ether oxygens (including phenoxy) is 1. The molecule has 140 valence electrons. The molecular weight excluding hydrogens is 358 g/mol. The fraction of sp³-hybridized carbons (Fsp3) is 0.273. The standard InChI is InChI=1S/C22H23NO3S/c1-4-26-18-12-10-17(11-13-18)19-20(27-15(2)3)22(25)23(21(19)24)14-16-8-6-5-7-9-16/h5-13,15H,4,14H2,1-3H3. The zero-order valence-corrected chi connectivity index (χ0v) is 16.6. The van der Waals surface area contributed by atoms with E-state index in [0.717, 1.165) is 16.9 Å². The molecule has 1 heterocycles. The Morgan fingerprint density at radius 3 is 2.22 bits per heavy atom. The molecule has 0 N–H and O–H groups in total. The second-order valence-electron chi connectivity index (χ2n) is 6.51. The van der Waals surface area contributed by atoms with Crippen LogP contribution in [0.25, 0.3) is 5.57 Å². The summed E-state index contributed by atoms with van der Waals surface area (Å²) in [6.07, 6.45) is 0. The largest absolute Gasteiger partial charge is 0.494 e. The van der Waals surface area contributed by atoms with E-state index in [0.29, 0.717) is 17.1 Å². The number of benzene rings is 2. The lowest BCUT2D eigenvalue weighted by molar-refractivity contribution is -0.137. The van der Waals surface area contributed by atoms with Gasteiger partial charge in [-0.05, 0) is 30.2 Å². The normalized spacial score (nSPS) is 14.4. The van der Waals surface area contributed by atoms with Crippen LogP contribution in [0.1, 0.15) is 31.9 Å². The molecule has 0 aromatic heterocycles. The molecule has 0 saturated carbocycles. The van der Waals surface area contributed by atoms with Gasteiger partial charge in [0.05, 0.1) is 23.6 Å². The van der Waals surface area contributed by atoms with Crippen LogP contribution < -0.4 is 4.74 Å². The van der Waals surface area contributed by atoms with Crippen molar-refractivity contribution < 1.29 is 14.3 Å². The Morgan fingerprint density at radius 1 is 0.963 bits per heavy atom. The van der Waals surface area contributed by atoms with Gasteiger partial charge in [-0.1, -0.05) is 56.3 Å². The predicted octanol–water partition coefficient (Wildman–Crippen LogP) is 4.51. The van der Waals surface area contributed by atoms with Gasteiger partial charge in [-0.3, -0.25) is 14.5 Å². The van der Waals surface area contributed by atoms with E-state index in [1.54, 1.807) is 0 Å². The Kier molecular flexibility index (Phi) is 6.01. The molecule has 2 amide bonds. The maximum Gasteiger partial charge on any atom is 0.268 e. The Balaban J connectivity index is 1.95. The predicted molar refractivity (Wildman–Crippen MR) is 109 cm³/mol. The minimum absolute atomic E-state index is 0.200. The second kappa shape index (κ2) is 8.44. The van der Waals surface area contributed by atoms with Crippen LogP contribution in [0.15, 0.2) is 59.5 Å². The first kappa shape index (κ1) is 19.2. The lowest BCUT2D eigenvalue weighted by Gasteiger charge is -2.15. The summed E-state index contributed by atoms with van der Waals surface area (Å²) < 4.78 is 5.48. The van der Waals surface area contributed by atoms with E-state index in [4.69, 9.17) is 4.74 Å². The van der Waals surface area contributed by atoms with Crippen LogP contribution in [0.2, 0.25) is 0 Å². The number of rotatable bonds is 7. The Hall–Kier alpha value is -2.53. The van der Waals surface area contributed by atoms with Crippen molar-refractivity contribution in [3.05, 3.63) is 70.6 Å². The molecule has 1 aliphatic rings. The van der Waals surface area contributed by atoms with Crippen molar-refractivity contribution in [2.24, 2.45) is 0 Å². The Bertz CT molecular complexity index is 857. The molecule has 4 nitrogen and oxygen atoms in total. The fourth-order valence-electron chi connectivity index (χ4n) is 2.95. The monoisotopic (exact) mass is 381 g/mol. The Labute approximate surface area is 164 Å². The Morgan fingerprint density at radius 2 is 1.63 bits per heavy atom. The summed E-state index contributed by atoms with van der Waals surface area (Å²) in [5.41, 5.74) is 2.16. The number of amides is 2. The SMILES string of the molecule is CCOc1ccc(C2=C(SC(C)C)C(=O)N(Cc3ccccc3)C2=O)cc1. The first-order valence-electron chi connectivity index (χ1n) is 9.05. The number of hydrogen-bond donors (Lipinski definition) is 0. The molecule has 0 bridgehead atoms. The van der Waals surface area contributed by atoms with E-state index in [9.17, 15) is 9.59 Å². The summed E-state index contributed by atoms with van der Waals surface area (Å²) in [6.45, 7) is 6.82. The number of nitrogens with zero attached hydrogens (tertiary/aromatic N) is 1. The highest BCUT2D eigenvalue weighted by atomic mass is 32.2. The van der Waals surface area contributed by atoms with Gasteiger partial charge in [-0.15, -0.1) is 11.8 Å². The average molecular weight is 381 g/mol. The molecule has 0 aliphatic carbocycles. The van der Waals surface area contributed by atoms with Gasteiger partial charge in [0, 0.05) is 5.25 Å². The molecule has 0 atom stereocenters. The van der Waals surface area contributed by atoms with Gasteiger partial charge in [0.25, 0.3) is 11.8 Å². The van der Waals surface area contributed by atoms with Gasteiger partial charge in [0.15, 0.2) is 0 Å². The van der Waals surface area contributed by atoms with Gasteiger partial charge in [-0.2, -0.15) is 0 Å². The summed E-state index contributed by atoms with van der Waals surface area (Å²) in [4.78, 5) is 28.0. The molecular formula is C22H23NO3S. The van der Waals surface area contributed by atoms with Crippen LogP contribution in [0.3, 0.4) is 0 Å². The van der Waals surface area contributed by atoms with E-state index in [-0.39, 0.29) is 23.6 Å². The zero-order chi connectivity index (χ0) is 19.4. The number of imide groups is 1. The van der Waals surface area contributed by atoms with Gasteiger partial charge >= 0.3 is 0 Å². The van der Waals surface area contributed by atoms with Crippen molar-refractivity contribution in [3.8, 4) is 5.75 Å². The molecule has 1 aliphatic heterocycles. The average Bonchev–Trinajstić information content (AvgIpc) is 2.88. The van der Waals surface area contributed by atoms with Crippen molar-refractivity contribution in [3.63, 3.8) is 0 Å². The van der Waals surface area contributed by atoms with Crippen molar-refractivity contribution >= 4 is 29.1 Å². The molecule has 2 aromatic carbocycles. The van der Waals surface area contributed by atoms with E-state index < -0.39 is 0 Å². The van der Waals surface area contributed by atoms with Gasteiger partial charge in [0.2, 0.25) is 0 Å². The first-order valence-corrected chi connectivity index (χ1v) is 9.93. The van der Waals surface area contributed by atoms with Gasteiger partial charge in [-0.25, -0.2) is 0 Å². The molecule has 3 rings (SSSR count). The summed E-state index contributed by atoms with van der Waals surface area (Å²) in [7, 11) is 0. The quantitative estimate of drug-likeness (QED) is 0.662. The molecule has 0 radical (unpaired) electrons. The van der Waals surface area contributed by atoms with Crippen LogP contribution in [-0.4, -0.2) is 28.6 Å². The summed E-state index contributed by atoms with van der Waals surface area (Å²) in [6, 6.07) is 16.9. The van der Waals surface area contributed by atoms with Crippen molar-refractivity contribution in [2.45, 2.75) is 32.6 Å². The maximum atomic E-state index is 13.1. The molecule has 0 unspecified atom stereocenters. The second-order valence-corrected chi connectivity index (χ2v) is 8.10. The third-order valence-corrected chi connectivity index (χ3v) is 5.20. The molecule has 0 spiro atoms. The fourth-order valence-corrected chi connectivity index (χ4v) is 3.95. The lowest BCUT2D eigenvalue weighted by Crippen LogP contribution is -2.31. The van der Waals surface area contributed by atoms with E-state index in [1.807, 2.05) is 75.4 Å². The van der Waals surface area contributed by atoms with Crippen LogP contribution >= 0.6 is 11.8 Å².